The van der Waals surface area contributed by atoms with Gasteiger partial charge in [-0.1, -0.05) is 0 Å². The molecule has 0 saturated carbocycles. The fourth-order valence-electron chi connectivity index (χ4n) is 3.10. The van der Waals surface area contributed by atoms with Gasteiger partial charge in [0.2, 0.25) is 5.91 Å². The minimum atomic E-state index is 0. The van der Waals surface area contributed by atoms with Gasteiger partial charge in [-0.15, -0.1) is 24.0 Å². The van der Waals surface area contributed by atoms with Crippen LogP contribution in [0, 0.1) is 5.41 Å². The maximum Gasteiger partial charge on any atom is 0.221 e. The van der Waals surface area contributed by atoms with Gasteiger partial charge in [-0.3, -0.25) is 9.79 Å². The Bertz CT molecular complexity index is 395. The largest absolute Gasteiger partial charge is 0.381 e. The predicted octanol–water partition coefficient (Wildman–Crippen LogP) is 1.21. The highest BCUT2D eigenvalue weighted by atomic mass is 127. The number of carbonyl (C=O) groups is 1. The number of ether oxygens (including phenoxy) is 1. The lowest BCUT2D eigenvalue weighted by Gasteiger charge is -2.24. The van der Waals surface area contributed by atoms with Crippen molar-refractivity contribution in [3.05, 3.63) is 0 Å². The van der Waals surface area contributed by atoms with E-state index in [1.807, 2.05) is 13.8 Å². The number of nitrogens with zero attached hydrogens (tertiary/aromatic N) is 2. The summed E-state index contributed by atoms with van der Waals surface area (Å²) < 4.78 is 5.55. The molecule has 0 aromatic heterocycles. The maximum atomic E-state index is 11.6. The average Bonchev–Trinajstić information content (AvgIpc) is 3.05. The van der Waals surface area contributed by atoms with E-state index in [0.717, 1.165) is 38.7 Å². The number of carbonyl (C=O) groups excluding carboxylic acids is 1. The molecule has 1 unspecified atom stereocenters. The Balaban J connectivity index is 0.00000242. The minimum Gasteiger partial charge on any atom is -0.381 e. The van der Waals surface area contributed by atoms with Crippen LogP contribution in [-0.4, -0.2) is 62.7 Å². The standard InChI is InChI=1S/C15H28N4O2.HI/c1-12(2)18-13(20)4-7-17-14(16-3)19-8-5-15(10-19)6-9-21-11-15;/h12H,4-11H2,1-3H3,(H,16,17)(H,18,20);1H. The molecule has 2 aliphatic rings. The van der Waals surface area contributed by atoms with Gasteiger partial charge in [0.25, 0.3) is 0 Å². The summed E-state index contributed by atoms with van der Waals surface area (Å²) in [6.07, 6.45) is 2.79. The van der Waals surface area contributed by atoms with E-state index in [4.69, 9.17) is 4.74 Å². The molecular formula is C15H29IN4O2. The predicted molar refractivity (Wildman–Crippen MR) is 98.7 cm³/mol. The van der Waals surface area contributed by atoms with Crippen LogP contribution in [0.3, 0.4) is 0 Å². The third kappa shape index (κ3) is 5.26. The molecule has 2 fully saturated rings. The van der Waals surface area contributed by atoms with Crippen LogP contribution in [0.1, 0.15) is 33.1 Å². The van der Waals surface area contributed by atoms with E-state index in [9.17, 15) is 4.79 Å². The summed E-state index contributed by atoms with van der Waals surface area (Å²) >= 11 is 0. The Morgan fingerprint density at radius 2 is 2.18 bits per heavy atom. The smallest absolute Gasteiger partial charge is 0.221 e. The van der Waals surface area contributed by atoms with E-state index in [-0.39, 0.29) is 35.9 Å². The van der Waals surface area contributed by atoms with Crippen LogP contribution in [0.2, 0.25) is 0 Å². The fourth-order valence-corrected chi connectivity index (χ4v) is 3.10. The molecule has 7 heteroatoms. The van der Waals surface area contributed by atoms with E-state index >= 15 is 0 Å². The van der Waals surface area contributed by atoms with E-state index in [1.54, 1.807) is 7.05 Å². The molecule has 2 saturated heterocycles. The molecule has 0 radical (unpaired) electrons. The zero-order chi connectivity index (χ0) is 15.3. The molecule has 0 bridgehead atoms. The number of amides is 1. The minimum absolute atomic E-state index is 0. The van der Waals surface area contributed by atoms with E-state index in [1.165, 1.54) is 6.42 Å². The van der Waals surface area contributed by atoms with Gasteiger partial charge in [0.05, 0.1) is 6.61 Å². The highest BCUT2D eigenvalue weighted by Gasteiger charge is 2.42. The summed E-state index contributed by atoms with van der Waals surface area (Å²) in [5.41, 5.74) is 0.326. The first kappa shape index (κ1) is 19.5. The molecule has 1 amide bonds. The molecule has 22 heavy (non-hydrogen) atoms. The van der Waals surface area contributed by atoms with Gasteiger partial charge < -0.3 is 20.3 Å². The van der Waals surface area contributed by atoms with Crippen molar-refractivity contribution in [1.29, 1.82) is 0 Å². The number of likely N-dealkylation sites (tertiary alicyclic amines) is 1. The monoisotopic (exact) mass is 424 g/mol. The molecular weight excluding hydrogens is 395 g/mol. The van der Waals surface area contributed by atoms with Gasteiger partial charge in [0.15, 0.2) is 5.96 Å². The number of rotatable bonds is 4. The number of hydrogen-bond donors (Lipinski definition) is 2. The summed E-state index contributed by atoms with van der Waals surface area (Å²) in [5, 5.41) is 6.19. The zero-order valence-corrected chi connectivity index (χ0v) is 16.2. The van der Waals surface area contributed by atoms with Crippen LogP contribution in [0.25, 0.3) is 0 Å². The lowest BCUT2D eigenvalue weighted by molar-refractivity contribution is -0.121. The van der Waals surface area contributed by atoms with Crippen molar-refractivity contribution in [3.63, 3.8) is 0 Å². The van der Waals surface area contributed by atoms with Crippen molar-refractivity contribution in [3.8, 4) is 0 Å². The second-order valence-electron chi connectivity index (χ2n) is 6.42. The third-order valence-electron chi connectivity index (χ3n) is 4.22. The normalized spacial score (nSPS) is 24.7. The number of nitrogens with one attached hydrogen (secondary N) is 2. The van der Waals surface area contributed by atoms with Crippen LogP contribution >= 0.6 is 24.0 Å². The van der Waals surface area contributed by atoms with Crippen molar-refractivity contribution in [2.45, 2.75) is 39.2 Å². The number of hydrogen-bond acceptors (Lipinski definition) is 3. The van der Waals surface area contributed by atoms with Gasteiger partial charge in [0, 0.05) is 51.2 Å². The molecule has 1 spiro atoms. The first-order valence-corrected chi connectivity index (χ1v) is 7.87. The van der Waals surface area contributed by atoms with Crippen LogP contribution in [0.5, 0.6) is 0 Å². The number of guanidine groups is 1. The SMILES string of the molecule is CN=C(NCCC(=O)NC(C)C)N1CCC2(CCOC2)C1.I. The van der Waals surface area contributed by atoms with Gasteiger partial charge in [-0.05, 0) is 26.7 Å². The molecule has 2 heterocycles. The van der Waals surface area contributed by atoms with Crippen molar-refractivity contribution in [2.24, 2.45) is 10.4 Å². The summed E-state index contributed by atoms with van der Waals surface area (Å²) in [5.74, 6) is 0.978. The average molecular weight is 424 g/mol. The third-order valence-corrected chi connectivity index (χ3v) is 4.22. The first-order valence-electron chi connectivity index (χ1n) is 7.87. The topological polar surface area (TPSA) is 66.0 Å². The molecule has 2 rings (SSSR count). The van der Waals surface area contributed by atoms with Crippen LogP contribution in [-0.2, 0) is 9.53 Å². The summed E-state index contributed by atoms with van der Waals surface area (Å²) in [4.78, 5) is 18.3. The quantitative estimate of drug-likeness (QED) is 0.405. The second kappa shape index (κ2) is 8.90. The molecule has 2 N–H and O–H groups in total. The van der Waals surface area contributed by atoms with Crippen LogP contribution in [0.15, 0.2) is 4.99 Å². The Labute approximate surface area is 150 Å². The second-order valence-corrected chi connectivity index (χ2v) is 6.42. The lowest BCUT2D eigenvalue weighted by atomic mass is 9.87. The van der Waals surface area contributed by atoms with Crippen LogP contribution in [0.4, 0.5) is 0 Å². The van der Waals surface area contributed by atoms with Crippen molar-refractivity contribution in [1.82, 2.24) is 15.5 Å². The highest BCUT2D eigenvalue weighted by molar-refractivity contribution is 14.0. The molecule has 0 aromatic carbocycles. The van der Waals surface area contributed by atoms with Gasteiger partial charge in [0.1, 0.15) is 0 Å². The fraction of sp³-hybridized carbons (Fsp3) is 0.867. The zero-order valence-electron chi connectivity index (χ0n) is 13.9. The Morgan fingerprint density at radius 1 is 1.41 bits per heavy atom. The lowest BCUT2D eigenvalue weighted by Crippen LogP contribution is -2.43. The molecule has 0 aliphatic carbocycles. The van der Waals surface area contributed by atoms with E-state index < -0.39 is 0 Å². The number of halogens is 1. The van der Waals surface area contributed by atoms with Gasteiger partial charge in [-0.2, -0.15) is 0 Å². The Kier molecular flexibility index (Phi) is 7.88. The number of aliphatic imine (C=N–C) groups is 1. The molecule has 0 aromatic rings. The van der Waals surface area contributed by atoms with Gasteiger partial charge in [-0.25, -0.2) is 0 Å². The Hall–Kier alpha value is -0.570. The van der Waals surface area contributed by atoms with Crippen LogP contribution < -0.4 is 10.6 Å². The molecule has 6 nitrogen and oxygen atoms in total. The highest BCUT2D eigenvalue weighted by Crippen LogP contribution is 2.38. The Morgan fingerprint density at radius 3 is 2.77 bits per heavy atom. The van der Waals surface area contributed by atoms with Crippen molar-refractivity contribution >= 4 is 35.8 Å². The summed E-state index contributed by atoms with van der Waals surface area (Å²) in [6.45, 7) is 8.33. The molecule has 128 valence electrons. The van der Waals surface area contributed by atoms with E-state index in [2.05, 4.69) is 20.5 Å². The molecule has 1 atom stereocenters. The molecule has 2 aliphatic heterocycles. The van der Waals surface area contributed by atoms with Crippen molar-refractivity contribution < 1.29 is 9.53 Å². The maximum absolute atomic E-state index is 11.6. The van der Waals surface area contributed by atoms with Crippen molar-refractivity contribution in [2.75, 3.05) is 39.9 Å². The summed E-state index contributed by atoms with van der Waals surface area (Å²) in [7, 11) is 1.80. The van der Waals surface area contributed by atoms with E-state index in [0.29, 0.717) is 18.4 Å². The first-order chi connectivity index (χ1) is 10.0. The summed E-state index contributed by atoms with van der Waals surface area (Å²) in [6, 6.07) is 0.192. The van der Waals surface area contributed by atoms with Gasteiger partial charge >= 0.3 is 0 Å².